The van der Waals surface area contributed by atoms with Crippen LogP contribution in [0.1, 0.15) is 62.4 Å². The van der Waals surface area contributed by atoms with Gasteiger partial charge >= 0.3 is 0 Å². The maximum Gasteiger partial charge on any atom is 0.257 e. The molecule has 0 bridgehead atoms. The summed E-state index contributed by atoms with van der Waals surface area (Å²) < 4.78 is 13.3. The standard InChI is InChI=1S/C24H27FN2O3/c1-5-16(4)26(23(29)18-6-10-19(25)11-7-18)21-14-22(28)27(24(21)30)20-12-8-17(9-13-20)15(2)3/h6-13,15-16,21H,5,14H2,1-4H3. The molecule has 0 aromatic heterocycles. The highest BCUT2D eigenvalue weighted by Crippen LogP contribution is 2.29. The molecule has 2 atom stereocenters. The summed E-state index contributed by atoms with van der Waals surface area (Å²) >= 11 is 0. The first-order chi connectivity index (χ1) is 14.2. The third kappa shape index (κ3) is 4.13. The molecule has 2 unspecified atom stereocenters. The maximum atomic E-state index is 13.3. The van der Waals surface area contributed by atoms with Crippen molar-refractivity contribution in [1.29, 1.82) is 0 Å². The van der Waals surface area contributed by atoms with E-state index < -0.39 is 17.8 Å². The van der Waals surface area contributed by atoms with Crippen molar-refractivity contribution in [2.45, 2.75) is 58.5 Å². The van der Waals surface area contributed by atoms with Crippen LogP contribution in [0.15, 0.2) is 48.5 Å². The lowest BCUT2D eigenvalue weighted by Crippen LogP contribution is -2.49. The number of hydrogen-bond acceptors (Lipinski definition) is 3. The average molecular weight is 410 g/mol. The monoisotopic (exact) mass is 410 g/mol. The van der Waals surface area contributed by atoms with Crippen molar-refractivity contribution in [2.75, 3.05) is 4.90 Å². The fourth-order valence-electron chi connectivity index (χ4n) is 3.70. The molecule has 1 saturated heterocycles. The molecule has 1 heterocycles. The minimum absolute atomic E-state index is 0.0674. The van der Waals surface area contributed by atoms with Crippen molar-refractivity contribution < 1.29 is 18.8 Å². The fraction of sp³-hybridized carbons (Fsp3) is 0.375. The molecule has 2 aromatic carbocycles. The zero-order valence-corrected chi connectivity index (χ0v) is 17.8. The van der Waals surface area contributed by atoms with Gasteiger partial charge in [-0.2, -0.15) is 0 Å². The first kappa shape index (κ1) is 21.7. The van der Waals surface area contributed by atoms with Crippen molar-refractivity contribution in [3.8, 4) is 0 Å². The molecule has 30 heavy (non-hydrogen) atoms. The number of carbonyl (C=O) groups is 3. The molecule has 1 aliphatic rings. The highest BCUT2D eigenvalue weighted by atomic mass is 19.1. The highest BCUT2D eigenvalue weighted by molar-refractivity contribution is 6.23. The van der Waals surface area contributed by atoms with Gasteiger partial charge in [0.15, 0.2) is 0 Å². The van der Waals surface area contributed by atoms with Crippen LogP contribution in [0.3, 0.4) is 0 Å². The number of rotatable bonds is 6. The summed E-state index contributed by atoms with van der Waals surface area (Å²) in [7, 11) is 0. The third-order valence-electron chi connectivity index (χ3n) is 5.67. The van der Waals surface area contributed by atoms with E-state index >= 15 is 0 Å². The number of hydrogen-bond donors (Lipinski definition) is 0. The predicted molar refractivity (Wildman–Crippen MR) is 114 cm³/mol. The third-order valence-corrected chi connectivity index (χ3v) is 5.67. The summed E-state index contributed by atoms with van der Waals surface area (Å²) in [6.45, 7) is 7.91. The molecular weight excluding hydrogens is 383 g/mol. The quantitative estimate of drug-likeness (QED) is 0.658. The molecule has 0 spiro atoms. The van der Waals surface area contributed by atoms with Crippen LogP contribution in [0.5, 0.6) is 0 Å². The molecule has 0 radical (unpaired) electrons. The SMILES string of the molecule is CCC(C)N(C(=O)c1ccc(F)cc1)C1CC(=O)N(c2ccc(C(C)C)cc2)C1=O. The molecule has 1 aliphatic heterocycles. The van der Waals surface area contributed by atoms with E-state index in [2.05, 4.69) is 13.8 Å². The predicted octanol–water partition coefficient (Wildman–Crippen LogP) is 4.52. The van der Waals surface area contributed by atoms with Gasteiger partial charge in [0, 0.05) is 11.6 Å². The van der Waals surface area contributed by atoms with Crippen molar-refractivity contribution in [3.63, 3.8) is 0 Å². The van der Waals surface area contributed by atoms with Crippen molar-refractivity contribution in [1.82, 2.24) is 4.90 Å². The van der Waals surface area contributed by atoms with E-state index in [0.29, 0.717) is 18.0 Å². The molecule has 0 N–H and O–H groups in total. The Hall–Kier alpha value is -3.02. The Kier molecular flexibility index (Phi) is 6.34. The summed E-state index contributed by atoms with van der Waals surface area (Å²) in [5, 5.41) is 0. The van der Waals surface area contributed by atoms with E-state index in [1.54, 1.807) is 12.1 Å². The fourth-order valence-corrected chi connectivity index (χ4v) is 3.70. The van der Waals surface area contributed by atoms with Gasteiger partial charge < -0.3 is 4.90 Å². The molecule has 0 saturated carbocycles. The molecule has 158 valence electrons. The van der Waals surface area contributed by atoms with Gasteiger partial charge in [-0.3, -0.25) is 14.4 Å². The van der Waals surface area contributed by atoms with Crippen LogP contribution in [-0.2, 0) is 9.59 Å². The number of halogens is 1. The Labute approximate surface area is 176 Å². The Morgan fingerprint density at radius 3 is 2.20 bits per heavy atom. The second-order valence-corrected chi connectivity index (χ2v) is 8.01. The minimum atomic E-state index is -0.880. The molecule has 0 aliphatic carbocycles. The van der Waals surface area contributed by atoms with Crippen LogP contribution in [0, 0.1) is 5.82 Å². The smallest absolute Gasteiger partial charge is 0.257 e. The maximum absolute atomic E-state index is 13.3. The van der Waals surface area contributed by atoms with E-state index in [-0.39, 0.29) is 29.8 Å². The molecule has 3 amide bonds. The summed E-state index contributed by atoms with van der Waals surface area (Å²) in [5.41, 5.74) is 1.91. The van der Waals surface area contributed by atoms with Gasteiger partial charge in [0.1, 0.15) is 11.9 Å². The first-order valence-electron chi connectivity index (χ1n) is 10.3. The van der Waals surface area contributed by atoms with E-state index in [1.165, 1.54) is 34.1 Å². The lowest BCUT2D eigenvalue weighted by molar-refractivity contribution is -0.122. The van der Waals surface area contributed by atoms with Crippen LogP contribution in [0.4, 0.5) is 10.1 Å². The topological polar surface area (TPSA) is 57.7 Å². The number of anilines is 1. The lowest BCUT2D eigenvalue weighted by Gasteiger charge is -2.33. The van der Waals surface area contributed by atoms with Crippen LogP contribution < -0.4 is 4.90 Å². The first-order valence-corrected chi connectivity index (χ1v) is 10.3. The zero-order valence-electron chi connectivity index (χ0n) is 17.8. The summed E-state index contributed by atoms with van der Waals surface area (Å²) in [4.78, 5) is 41.8. The summed E-state index contributed by atoms with van der Waals surface area (Å²) in [5.74, 6) is -1.22. The Balaban J connectivity index is 1.91. The minimum Gasteiger partial charge on any atom is -0.323 e. The van der Waals surface area contributed by atoms with Crippen LogP contribution >= 0.6 is 0 Å². The molecule has 5 nitrogen and oxygen atoms in total. The second-order valence-electron chi connectivity index (χ2n) is 8.01. The summed E-state index contributed by atoms with van der Waals surface area (Å²) in [6, 6.07) is 11.4. The Morgan fingerprint density at radius 2 is 1.67 bits per heavy atom. The van der Waals surface area contributed by atoms with Crippen LogP contribution in [0.25, 0.3) is 0 Å². The van der Waals surface area contributed by atoms with Gasteiger partial charge in [-0.15, -0.1) is 0 Å². The Bertz CT molecular complexity index is 938. The molecular formula is C24H27FN2O3. The van der Waals surface area contributed by atoms with E-state index in [0.717, 1.165) is 5.56 Å². The van der Waals surface area contributed by atoms with Gasteiger partial charge in [-0.05, 0) is 61.2 Å². The average Bonchev–Trinajstić information content (AvgIpc) is 3.02. The van der Waals surface area contributed by atoms with Gasteiger partial charge in [0.05, 0.1) is 12.1 Å². The molecule has 3 rings (SSSR count). The van der Waals surface area contributed by atoms with Crippen LogP contribution in [0.2, 0.25) is 0 Å². The highest BCUT2D eigenvalue weighted by Gasteiger charge is 2.45. The van der Waals surface area contributed by atoms with E-state index in [9.17, 15) is 18.8 Å². The van der Waals surface area contributed by atoms with Gasteiger partial charge in [0.2, 0.25) is 5.91 Å². The second kappa shape index (κ2) is 8.78. The van der Waals surface area contributed by atoms with Gasteiger partial charge in [-0.25, -0.2) is 9.29 Å². The van der Waals surface area contributed by atoms with Crippen LogP contribution in [-0.4, -0.2) is 34.7 Å². The molecule has 6 heteroatoms. The van der Waals surface area contributed by atoms with E-state index in [4.69, 9.17) is 0 Å². The lowest BCUT2D eigenvalue weighted by atomic mass is 10.0. The number of carbonyl (C=O) groups excluding carboxylic acids is 3. The number of imide groups is 1. The zero-order chi connectivity index (χ0) is 22.0. The number of nitrogens with zero attached hydrogens (tertiary/aromatic N) is 2. The van der Waals surface area contributed by atoms with Crippen molar-refractivity contribution >= 4 is 23.4 Å². The molecule has 2 aromatic rings. The number of amides is 3. The normalized spacial score (nSPS) is 17.5. The van der Waals surface area contributed by atoms with Gasteiger partial charge in [0.25, 0.3) is 11.8 Å². The van der Waals surface area contributed by atoms with Crippen molar-refractivity contribution in [3.05, 3.63) is 65.5 Å². The van der Waals surface area contributed by atoms with E-state index in [1.807, 2.05) is 26.0 Å². The van der Waals surface area contributed by atoms with Crippen molar-refractivity contribution in [2.24, 2.45) is 0 Å². The summed E-state index contributed by atoms with van der Waals surface area (Å²) in [6.07, 6.45) is 0.552. The van der Waals surface area contributed by atoms with Gasteiger partial charge in [-0.1, -0.05) is 32.9 Å². The molecule has 1 fully saturated rings. The Morgan fingerprint density at radius 1 is 1.07 bits per heavy atom. The largest absolute Gasteiger partial charge is 0.323 e. The number of benzene rings is 2.